The largest absolute Gasteiger partial charge is 0.347 e. The van der Waals surface area contributed by atoms with Crippen LogP contribution in [0.4, 0.5) is 0 Å². The first-order valence-corrected chi connectivity index (χ1v) is 28.2. The van der Waals surface area contributed by atoms with Crippen LogP contribution in [0.15, 0.2) is 72.8 Å². The van der Waals surface area contributed by atoms with E-state index in [1.54, 1.807) is 84.7 Å². The number of hydrogen-bond donors (Lipinski definition) is 6. The van der Waals surface area contributed by atoms with Gasteiger partial charge in [-0.1, -0.05) is 90.1 Å². The van der Waals surface area contributed by atoms with E-state index in [4.69, 9.17) is 9.97 Å². The number of thiazole rings is 2. The van der Waals surface area contributed by atoms with E-state index in [0.29, 0.717) is 24.0 Å². The maximum absolute atomic E-state index is 14.8. The minimum absolute atomic E-state index is 0.206. The van der Waals surface area contributed by atoms with Crippen molar-refractivity contribution in [2.45, 2.75) is 142 Å². The van der Waals surface area contributed by atoms with Crippen LogP contribution in [0.3, 0.4) is 0 Å². The number of aryl methyl sites for hydroxylation is 4. The average molecular weight is 1070 g/mol. The second-order valence-electron chi connectivity index (χ2n) is 23.0. The Morgan fingerprint density at radius 2 is 0.921 bits per heavy atom. The first kappa shape index (κ1) is 54.4. The zero-order valence-corrected chi connectivity index (χ0v) is 46.9. The summed E-state index contributed by atoms with van der Waals surface area (Å²) in [7, 11) is 3.40. The van der Waals surface area contributed by atoms with Gasteiger partial charge in [-0.3, -0.25) is 28.8 Å². The lowest BCUT2D eigenvalue weighted by Gasteiger charge is -2.36. The second kappa shape index (κ2) is 22.0. The van der Waals surface area contributed by atoms with Crippen molar-refractivity contribution in [3.63, 3.8) is 0 Å². The van der Waals surface area contributed by atoms with Crippen LogP contribution in [-0.2, 0) is 44.9 Å². The van der Waals surface area contributed by atoms with E-state index >= 15 is 0 Å². The molecule has 2 aliphatic carbocycles. The Hall–Kier alpha value is -6.34. The summed E-state index contributed by atoms with van der Waals surface area (Å²) in [6, 6.07) is 18.5. The summed E-state index contributed by atoms with van der Waals surface area (Å²) in [6.07, 6.45) is 4.34. The maximum atomic E-state index is 14.8. The van der Waals surface area contributed by atoms with Gasteiger partial charge in [0.15, 0.2) is 0 Å². The third kappa shape index (κ3) is 11.2. The highest BCUT2D eigenvalue weighted by Gasteiger charge is 2.47. The van der Waals surface area contributed by atoms with Gasteiger partial charge in [-0.15, -0.1) is 22.7 Å². The number of likely N-dealkylation sites (tertiary alicyclic amines) is 2. The van der Waals surface area contributed by atoms with Gasteiger partial charge >= 0.3 is 0 Å². The Balaban J connectivity index is 0.921. The Morgan fingerprint density at radius 1 is 0.553 bits per heavy atom. The number of carbonyl (C=O) groups excluding carboxylic acids is 6. The monoisotopic (exact) mass is 1070 g/mol. The van der Waals surface area contributed by atoms with E-state index < -0.39 is 59.2 Å². The number of nitrogens with one attached hydrogen (secondary N) is 6. The molecule has 2 saturated heterocycles. The molecular formula is C58H72N10O6S2. The van der Waals surface area contributed by atoms with Crippen LogP contribution in [0.5, 0.6) is 0 Å². The van der Waals surface area contributed by atoms with Crippen LogP contribution in [0, 0.1) is 10.8 Å². The molecule has 0 saturated carbocycles. The topological polar surface area (TPSA) is 207 Å². The Morgan fingerprint density at radius 3 is 1.28 bits per heavy atom. The van der Waals surface area contributed by atoms with Gasteiger partial charge in [0.25, 0.3) is 11.8 Å². The van der Waals surface area contributed by atoms with Crippen molar-refractivity contribution in [1.82, 2.24) is 51.7 Å². The Kier molecular flexibility index (Phi) is 15.7. The van der Waals surface area contributed by atoms with Gasteiger partial charge in [0.05, 0.1) is 35.6 Å². The average Bonchev–Trinajstić information content (AvgIpc) is 4.23. The van der Waals surface area contributed by atoms with E-state index in [1.807, 2.05) is 65.8 Å². The maximum Gasteiger partial charge on any atom is 0.251 e. The summed E-state index contributed by atoms with van der Waals surface area (Å²) in [5.74, 6) is -1.77. The summed E-state index contributed by atoms with van der Waals surface area (Å²) in [4.78, 5) is 101. The number of aromatic nitrogens is 2. The van der Waals surface area contributed by atoms with Gasteiger partial charge in [-0.25, -0.2) is 9.97 Å². The fourth-order valence-corrected chi connectivity index (χ4v) is 13.2. The number of nitrogens with zero attached hydrogens (tertiary/aromatic N) is 4. The summed E-state index contributed by atoms with van der Waals surface area (Å²) in [5.41, 5.74) is 5.97. The molecule has 6 N–H and O–H groups in total. The van der Waals surface area contributed by atoms with Crippen LogP contribution >= 0.6 is 22.7 Å². The van der Waals surface area contributed by atoms with Gasteiger partial charge in [0.1, 0.15) is 22.1 Å². The molecule has 2 aliphatic heterocycles. The number of hydrogen-bond acceptors (Lipinski definition) is 12. The smallest absolute Gasteiger partial charge is 0.251 e. The highest BCUT2D eigenvalue weighted by atomic mass is 32.1. The molecule has 4 aliphatic rings. The predicted octanol–water partition coefficient (Wildman–Crippen LogP) is 6.55. The van der Waals surface area contributed by atoms with E-state index in [1.165, 1.54) is 20.9 Å². The van der Waals surface area contributed by atoms with Crippen LogP contribution in [0.25, 0.3) is 22.5 Å². The third-order valence-electron chi connectivity index (χ3n) is 15.5. The minimum atomic E-state index is -0.850. The van der Waals surface area contributed by atoms with Gasteiger partial charge in [-0.2, -0.15) is 0 Å². The zero-order chi connectivity index (χ0) is 54.4. The van der Waals surface area contributed by atoms with Gasteiger partial charge in [-0.05, 0) is 113 Å². The van der Waals surface area contributed by atoms with E-state index in [2.05, 4.69) is 56.2 Å². The lowest BCUT2D eigenvalue weighted by molar-refractivity contribution is -0.140. The summed E-state index contributed by atoms with van der Waals surface area (Å²) in [5, 5.41) is 19.9. The first-order valence-electron chi connectivity index (χ1n) is 26.6. The molecule has 76 heavy (non-hydrogen) atoms. The van der Waals surface area contributed by atoms with Gasteiger partial charge < -0.3 is 41.7 Å². The Bertz CT molecular complexity index is 2830. The van der Waals surface area contributed by atoms with Crippen molar-refractivity contribution in [2.24, 2.45) is 10.8 Å². The molecule has 9 rings (SSSR count). The fraction of sp³-hybridized carbons (Fsp3) is 0.483. The molecule has 6 amide bonds. The Labute approximate surface area is 454 Å². The lowest BCUT2D eigenvalue weighted by atomic mass is 9.85. The molecule has 3 aromatic carbocycles. The van der Waals surface area contributed by atoms with Crippen molar-refractivity contribution < 1.29 is 28.8 Å². The molecule has 0 radical (unpaired) electrons. The zero-order valence-electron chi connectivity index (χ0n) is 45.3. The highest BCUT2D eigenvalue weighted by molar-refractivity contribution is 7.12. The van der Waals surface area contributed by atoms with Crippen LogP contribution in [-0.4, -0.2) is 119 Å². The fourth-order valence-electron chi connectivity index (χ4n) is 10.8. The number of rotatable bonds is 14. The van der Waals surface area contributed by atoms with Crippen molar-refractivity contribution in [3.05, 3.63) is 115 Å². The number of benzene rings is 3. The molecule has 402 valence electrons. The van der Waals surface area contributed by atoms with Crippen molar-refractivity contribution in [2.75, 3.05) is 27.2 Å². The molecule has 4 heterocycles. The lowest BCUT2D eigenvalue weighted by Crippen LogP contribution is -2.57. The van der Waals surface area contributed by atoms with Gasteiger partial charge in [0.2, 0.25) is 23.6 Å². The van der Waals surface area contributed by atoms with Crippen molar-refractivity contribution >= 4 is 58.1 Å². The molecule has 18 heteroatoms. The molecule has 2 aromatic heterocycles. The standard InChI is InChI=1S/C58H72N10O6S2/c1-31(59-9)49(69)65-47(57(3,4)5)55(73)67-29-37(27-41(67)53-63-45-39-17-13-11-15-33(39)23-25-43(45)75-53)61-51(71)35-19-21-36(22-20-35)52(72)62-38-28-42(54-64-46-40-18-14-12-16-34(40)24-26-44(46)76-54)68(30-38)56(74)48(58(6,7)8)66-50(70)32(2)60-10/h11-22,31-32,37-38,41-42,47-48,59-60H,23-30H2,1-10H3,(H,61,71)(H,62,72)(H,65,69)(H,66,70)/t31-,32-,37-,38-,41-,42-,47+,48+/m0/s1. The first-order chi connectivity index (χ1) is 36.1. The van der Waals surface area contributed by atoms with Crippen LogP contribution < -0.4 is 31.9 Å². The van der Waals surface area contributed by atoms with Crippen LogP contribution in [0.1, 0.15) is 132 Å². The molecular weight excluding hydrogens is 997 g/mol. The number of carbonyl (C=O) groups is 6. The summed E-state index contributed by atoms with van der Waals surface area (Å²) >= 11 is 3.22. The predicted molar refractivity (Wildman–Crippen MR) is 297 cm³/mol. The molecule has 8 atom stereocenters. The normalized spacial score (nSPS) is 20.5. The molecule has 5 aromatic rings. The summed E-state index contributed by atoms with van der Waals surface area (Å²) in [6.45, 7) is 15.5. The van der Waals surface area contributed by atoms with Crippen molar-refractivity contribution in [1.29, 1.82) is 0 Å². The molecule has 16 nitrogen and oxygen atoms in total. The summed E-state index contributed by atoms with van der Waals surface area (Å²) < 4.78 is 0. The third-order valence-corrected chi connectivity index (χ3v) is 17.9. The number of amides is 6. The van der Waals surface area contributed by atoms with E-state index in [-0.39, 0.29) is 48.5 Å². The molecule has 0 unspecified atom stereocenters. The van der Waals surface area contributed by atoms with Crippen LogP contribution in [0.2, 0.25) is 0 Å². The highest BCUT2D eigenvalue weighted by Crippen LogP contribution is 2.45. The minimum Gasteiger partial charge on any atom is -0.347 e. The number of fused-ring (bicyclic) bond motifs is 6. The number of likely N-dealkylation sites (N-methyl/N-ethyl adjacent to an activating group) is 2. The quantitative estimate of drug-likeness (QED) is 0.0707. The van der Waals surface area contributed by atoms with E-state index in [9.17, 15) is 28.8 Å². The molecule has 2 fully saturated rings. The molecule has 0 spiro atoms. The van der Waals surface area contributed by atoms with E-state index in [0.717, 1.165) is 58.2 Å². The molecule has 0 bridgehead atoms. The van der Waals surface area contributed by atoms with Gasteiger partial charge in [0, 0.05) is 57.2 Å². The van der Waals surface area contributed by atoms with Crippen molar-refractivity contribution in [3.8, 4) is 22.5 Å². The SMILES string of the molecule is CN[C@@H](C)C(=O)N[C@H](C(=O)N1C[C@@H](NC(=O)c2ccc(C(=O)N[C@H]3C[C@@H](c4nc5c(s4)CCc4ccccc4-5)N(C(=O)[C@@H](NC(=O)[C@H](C)NC)C(C)(C)C)C3)cc2)C[C@H]1c1nc2c(s1)CCc1ccccc1-2)C(C)(C)C. The second-order valence-corrected chi connectivity index (χ2v) is 25.2.